The van der Waals surface area contributed by atoms with Gasteiger partial charge in [0.05, 0.1) is 5.56 Å². The Hall–Kier alpha value is -2.89. The van der Waals surface area contributed by atoms with Crippen LogP contribution in [0.5, 0.6) is 5.75 Å². The van der Waals surface area contributed by atoms with Crippen LogP contribution in [0.1, 0.15) is 27.9 Å². The number of carbonyl (C=O) groups excluding carboxylic acids is 2. The van der Waals surface area contributed by atoms with Crippen LogP contribution in [0.15, 0.2) is 42.5 Å². The number of ether oxygens (including phenoxy) is 1. The van der Waals surface area contributed by atoms with Crippen LogP contribution in [0.3, 0.4) is 0 Å². The molecule has 0 unspecified atom stereocenters. The first kappa shape index (κ1) is 19.9. The Balaban J connectivity index is 1.56. The van der Waals surface area contributed by atoms with Crippen LogP contribution in [0, 0.1) is 19.7 Å². The smallest absolute Gasteiger partial charge is 0.260 e. The fourth-order valence-electron chi connectivity index (χ4n) is 3.37. The summed E-state index contributed by atoms with van der Waals surface area (Å²) in [5, 5.41) is 0. The topological polar surface area (TPSA) is 49.9 Å². The van der Waals surface area contributed by atoms with Crippen molar-refractivity contribution in [1.29, 1.82) is 0 Å². The number of carbonyl (C=O) groups is 2. The summed E-state index contributed by atoms with van der Waals surface area (Å²) >= 11 is 0. The van der Waals surface area contributed by atoms with Crippen LogP contribution in [0.25, 0.3) is 0 Å². The van der Waals surface area contributed by atoms with E-state index in [0.717, 1.165) is 11.1 Å². The molecule has 0 N–H and O–H groups in total. The molecule has 0 aliphatic carbocycles. The highest BCUT2D eigenvalue weighted by molar-refractivity contribution is 5.94. The molecule has 0 atom stereocenters. The second kappa shape index (κ2) is 8.87. The molecule has 148 valence electrons. The second-order valence-electron chi connectivity index (χ2n) is 7.06. The Labute approximate surface area is 164 Å². The van der Waals surface area contributed by atoms with E-state index in [0.29, 0.717) is 38.3 Å². The lowest BCUT2D eigenvalue weighted by molar-refractivity contribution is -0.133. The fraction of sp³-hybridized carbons (Fsp3) is 0.364. The standard InChI is InChI=1S/C22H25FN2O3/c1-16-8-9-20(17(2)14-16)28-15-21(26)24-10-5-11-25(13-12-24)22(27)18-6-3-4-7-19(18)23/h3-4,6-9,14H,5,10-13,15H2,1-2H3. The molecule has 6 heteroatoms. The SMILES string of the molecule is Cc1ccc(OCC(=O)N2CCCN(C(=O)c3ccccc3F)CC2)c(C)c1. The van der Waals surface area contributed by atoms with Gasteiger partial charge >= 0.3 is 0 Å². The molecule has 0 radical (unpaired) electrons. The van der Waals surface area contributed by atoms with Crippen molar-refractivity contribution in [2.24, 2.45) is 0 Å². The quantitative estimate of drug-likeness (QED) is 0.813. The molecule has 1 aliphatic rings. The summed E-state index contributed by atoms with van der Waals surface area (Å²) in [7, 11) is 0. The fourth-order valence-corrected chi connectivity index (χ4v) is 3.37. The Morgan fingerprint density at radius 2 is 1.71 bits per heavy atom. The number of halogens is 1. The van der Waals surface area contributed by atoms with E-state index in [-0.39, 0.29) is 24.0 Å². The molecule has 28 heavy (non-hydrogen) atoms. The lowest BCUT2D eigenvalue weighted by Gasteiger charge is -2.22. The van der Waals surface area contributed by atoms with Crippen molar-refractivity contribution in [3.05, 3.63) is 65.0 Å². The highest BCUT2D eigenvalue weighted by Gasteiger charge is 2.24. The van der Waals surface area contributed by atoms with Gasteiger partial charge in [0.25, 0.3) is 11.8 Å². The third-order valence-corrected chi connectivity index (χ3v) is 4.92. The van der Waals surface area contributed by atoms with Gasteiger partial charge in [0.1, 0.15) is 11.6 Å². The summed E-state index contributed by atoms with van der Waals surface area (Å²) < 4.78 is 19.6. The first-order chi connectivity index (χ1) is 13.5. The van der Waals surface area contributed by atoms with Gasteiger partial charge in [-0.3, -0.25) is 9.59 Å². The van der Waals surface area contributed by atoms with E-state index in [1.165, 1.54) is 12.1 Å². The molecule has 1 saturated heterocycles. The van der Waals surface area contributed by atoms with Gasteiger partial charge < -0.3 is 14.5 Å². The Kier molecular flexibility index (Phi) is 6.29. The van der Waals surface area contributed by atoms with E-state index in [1.54, 1.807) is 21.9 Å². The van der Waals surface area contributed by atoms with E-state index in [2.05, 4.69) is 0 Å². The molecule has 0 aromatic heterocycles. The molecule has 2 aromatic carbocycles. The molecule has 0 saturated carbocycles. The second-order valence-corrected chi connectivity index (χ2v) is 7.06. The minimum Gasteiger partial charge on any atom is -0.484 e. The molecular formula is C22H25FN2O3. The van der Waals surface area contributed by atoms with Crippen molar-refractivity contribution in [2.75, 3.05) is 32.8 Å². The van der Waals surface area contributed by atoms with E-state index in [1.807, 2.05) is 32.0 Å². The van der Waals surface area contributed by atoms with E-state index < -0.39 is 5.82 Å². The summed E-state index contributed by atoms with van der Waals surface area (Å²) in [6.07, 6.45) is 0.648. The minimum absolute atomic E-state index is 0.0365. The van der Waals surface area contributed by atoms with Gasteiger partial charge in [-0.1, -0.05) is 29.8 Å². The Morgan fingerprint density at radius 1 is 1.00 bits per heavy atom. The van der Waals surface area contributed by atoms with Gasteiger partial charge in [0.15, 0.2) is 6.61 Å². The lowest BCUT2D eigenvalue weighted by atomic mass is 10.1. The minimum atomic E-state index is -0.522. The van der Waals surface area contributed by atoms with Crippen molar-refractivity contribution in [3.63, 3.8) is 0 Å². The maximum atomic E-state index is 13.9. The molecule has 0 spiro atoms. The van der Waals surface area contributed by atoms with Gasteiger partial charge in [0, 0.05) is 26.2 Å². The van der Waals surface area contributed by atoms with Gasteiger partial charge in [-0.05, 0) is 44.0 Å². The van der Waals surface area contributed by atoms with Crippen molar-refractivity contribution in [1.82, 2.24) is 9.80 Å². The van der Waals surface area contributed by atoms with Crippen molar-refractivity contribution in [2.45, 2.75) is 20.3 Å². The van der Waals surface area contributed by atoms with Gasteiger partial charge in [0.2, 0.25) is 0 Å². The van der Waals surface area contributed by atoms with Crippen LogP contribution >= 0.6 is 0 Å². The van der Waals surface area contributed by atoms with Gasteiger partial charge in [-0.15, -0.1) is 0 Å². The lowest BCUT2D eigenvalue weighted by Crippen LogP contribution is -2.39. The molecule has 2 amide bonds. The highest BCUT2D eigenvalue weighted by atomic mass is 19.1. The summed E-state index contributed by atoms with van der Waals surface area (Å²) in [6.45, 7) is 5.76. The van der Waals surface area contributed by atoms with Crippen molar-refractivity contribution >= 4 is 11.8 Å². The first-order valence-corrected chi connectivity index (χ1v) is 9.47. The van der Waals surface area contributed by atoms with Crippen LogP contribution in [-0.4, -0.2) is 54.4 Å². The molecule has 1 aliphatic heterocycles. The van der Waals surface area contributed by atoms with Gasteiger partial charge in [-0.25, -0.2) is 4.39 Å². The molecular weight excluding hydrogens is 359 g/mol. The number of aryl methyl sites for hydroxylation is 2. The predicted molar refractivity (Wildman–Crippen MR) is 105 cm³/mol. The molecule has 2 aromatic rings. The Bertz CT molecular complexity index is 869. The maximum absolute atomic E-state index is 13.9. The van der Waals surface area contributed by atoms with Crippen LogP contribution < -0.4 is 4.74 Å². The Morgan fingerprint density at radius 3 is 2.46 bits per heavy atom. The molecule has 0 bridgehead atoms. The average molecular weight is 384 g/mol. The van der Waals surface area contributed by atoms with Crippen LogP contribution in [0.4, 0.5) is 4.39 Å². The first-order valence-electron chi connectivity index (χ1n) is 9.47. The van der Waals surface area contributed by atoms with E-state index in [9.17, 15) is 14.0 Å². The number of hydrogen-bond donors (Lipinski definition) is 0. The number of hydrogen-bond acceptors (Lipinski definition) is 3. The zero-order valence-electron chi connectivity index (χ0n) is 16.3. The number of nitrogens with zero attached hydrogens (tertiary/aromatic N) is 2. The third kappa shape index (κ3) is 4.68. The number of benzene rings is 2. The zero-order chi connectivity index (χ0) is 20.1. The monoisotopic (exact) mass is 384 g/mol. The molecule has 5 nitrogen and oxygen atoms in total. The summed E-state index contributed by atoms with van der Waals surface area (Å²) in [4.78, 5) is 28.4. The van der Waals surface area contributed by atoms with E-state index >= 15 is 0 Å². The highest BCUT2D eigenvalue weighted by Crippen LogP contribution is 2.19. The summed E-state index contributed by atoms with van der Waals surface area (Å²) in [5.74, 6) is -0.268. The number of rotatable bonds is 4. The van der Waals surface area contributed by atoms with Crippen LogP contribution in [0.2, 0.25) is 0 Å². The average Bonchev–Trinajstić information content (AvgIpc) is 2.93. The third-order valence-electron chi connectivity index (χ3n) is 4.92. The summed E-state index contributed by atoms with van der Waals surface area (Å²) in [6, 6.07) is 11.8. The zero-order valence-corrected chi connectivity index (χ0v) is 16.3. The number of amides is 2. The molecule has 3 rings (SSSR count). The van der Waals surface area contributed by atoms with Crippen molar-refractivity contribution in [3.8, 4) is 5.75 Å². The summed E-state index contributed by atoms with van der Waals surface area (Å²) in [5.41, 5.74) is 2.20. The molecule has 1 heterocycles. The maximum Gasteiger partial charge on any atom is 0.260 e. The van der Waals surface area contributed by atoms with Gasteiger partial charge in [-0.2, -0.15) is 0 Å². The van der Waals surface area contributed by atoms with Crippen LogP contribution in [-0.2, 0) is 4.79 Å². The van der Waals surface area contributed by atoms with E-state index in [4.69, 9.17) is 4.74 Å². The van der Waals surface area contributed by atoms with Crippen molar-refractivity contribution < 1.29 is 18.7 Å². The normalized spacial score (nSPS) is 14.5. The molecule has 1 fully saturated rings. The largest absolute Gasteiger partial charge is 0.484 e. The predicted octanol–water partition coefficient (Wildman–Crippen LogP) is 3.20.